The highest BCUT2D eigenvalue weighted by Crippen LogP contribution is 2.66. The van der Waals surface area contributed by atoms with Crippen LogP contribution in [0, 0.1) is 10.8 Å². The number of aromatic hydroxyl groups is 1. The number of allylic oxidation sites excluding steroid dienone is 4. The van der Waals surface area contributed by atoms with Gasteiger partial charge in [0.1, 0.15) is 0 Å². The Morgan fingerprint density at radius 1 is 0.925 bits per heavy atom. The second kappa shape index (κ2) is 8.55. The summed E-state index contributed by atoms with van der Waals surface area (Å²) >= 11 is 0. The van der Waals surface area contributed by atoms with E-state index >= 15 is 0 Å². The molecule has 0 radical (unpaired) electrons. The zero-order valence-corrected chi connectivity index (χ0v) is 23.1. The molecule has 9 nitrogen and oxygen atoms in total. The van der Waals surface area contributed by atoms with Gasteiger partial charge in [0.25, 0.3) is 0 Å². The zero-order chi connectivity index (χ0) is 28.7. The van der Waals surface area contributed by atoms with E-state index in [2.05, 4.69) is 0 Å². The molecule has 2 aliphatic carbocycles. The van der Waals surface area contributed by atoms with Crippen LogP contribution >= 0.6 is 0 Å². The van der Waals surface area contributed by atoms with Gasteiger partial charge in [-0.25, -0.2) is 23.5 Å². The van der Waals surface area contributed by atoms with Gasteiger partial charge >= 0.3 is 11.4 Å². The topological polar surface area (TPSA) is 113 Å². The summed E-state index contributed by atoms with van der Waals surface area (Å²) in [4.78, 5) is 55.8. The van der Waals surface area contributed by atoms with Crippen molar-refractivity contribution in [3.05, 3.63) is 97.9 Å². The molecule has 0 unspecified atom stereocenters. The van der Waals surface area contributed by atoms with Crippen molar-refractivity contribution in [1.82, 2.24) is 13.9 Å². The molecule has 1 aromatic heterocycles. The molecule has 1 fully saturated rings. The van der Waals surface area contributed by atoms with E-state index in [0.29, 0.717) is 22.4 Å². The fraction of sp³-hybridized carbons (Fsp3) is 0.355. The SMILES string of the molecule is COc1ccc([C@H]2C3=CCn4c(=O)n(-c5ccccc5)c(=O)n4[C@@H]3C[C@@]3(C)C(=O)C(C)=C(C)C(=O)[C@@]23C)cc1O. The summed E-state index contributed by atoms with van der Waals surface area (Å²) in [7, 11) is 1.46. The number of carbonyl (C=O) groups excluding carboxylic acids is 2. The Morgan fingerprint density at radius 3 is 2.25 bits per heavy atom. The Bertz CT molecular complexity index is 1790. The van der Waals surface area contributed by atoms with Crippen LogP contribution in [0.4, 0.5) is 0 Å². The van der Waals surface area contributed by atoms with Crippen LogP contribution < -0.4 is 16.1 Å². The van der Waals surface area contributed by atoms with Crippen molar-refractivity contribution in [2.75, 3.05) is 7.11 Å². The predicted octanol–water partition coefficient (Wildman–Crippen LogP) is 3.68. The lowest BCUT2D eigenvalue weighted by Gasteiger charge is -2.58. The number of rotatable bonds is 3. The number of nitrogens with zero attached hydrogens (tertiary/aromatic N) is 3. The lowest BCUT2D eigenvalue weighted by molar-refractivity contribution is -0.151. The maximum absolute atomic E-state index is 14.2. The number of ether oxygens (including phenoxy) is 1. The van der Waals surface area contributed by atoms with Crippen LogP contribution in [0.15, 0.2) is 80.9 Å². The second-order valence-electron chi connectivity index (χ2n) is 11.4. The van der Waals surface area contributed by atoms with Gasteiger partial charge in [-0.05, 0) is 66.8 Å². The van der Waals surface area contributed by atoms with Gasteiger partial charge in [-0.15, -0.1) is 0 Å². The van der Waals surface area contributed by atoms with E-state index in [0.717, 1.165) is 10.1 Å². The van der Waals surface area contributed by atoms with E-state index in [1.54, 1.807) is 63.2 Å². The molecule has 6 rings (SSSR count). The molecule has 0 saturated heterocycles. The Kier molecular flexibility index (Phi) is 5.53. The van der Waals surface area contributed by atoms with Crippen molar-refractivity contribution in [3.63, 3.8) is 0 Å². The number of hydrogen-bond donors (Lipinski definition) is 1. The summed E-state index contributed by atoms with van der Waals surface area (Å²) in [6, 6.07) is 13.1. The maximum Gasteiger partial charge on any atom is 0.352 e. The van der Waals surface area contributed by atoms with E-state index in [-0.39, 0.29) is 36.0 Å². The molecule has 206 valence electrons. The molecule has 0 spiro atoms. The van der Waals surface area contributed by atoms with Crippen LogP contribution in [0.1, 0.15) is 51.6 Å². The van der Waals surface area contributed by atoms with Gasteiger partial charge in [0.05, 0.1) is 30.8 Å². The largest absolute Gasteiger partial charge is 0.504 e. The maximum atomic E-state index is 14.2. The minimum absolute atomic E-state index is 0.0915. The number of Topliss-reactive ketones (excluding diaryl/α,β-unsaturated/α-hetero) is 2. The van der Waals surface area contributed by atoms with Crippen molar-refractivity contribution in [2.24, 2.45) is 10.8 Å². The summed E-state index contributed by atoms with van der Waals surface area (Å²) < 4.78 is 9.25. The van der Waals surface area contributed by atoms with Crippen LogP contribution in [-0.2, 0) is 16.1 Å². The molecular weight excluding hydrogens is 510 g/mol. The summed E-state index contributed by atoms with van der Waals surface area (Å²) in [5.41, 5.74) is -0.686. The van der Waals surface area contributed by atoms with Crippen LogP contribution in [0.3, 0.4) is 0 Å². The van der Waals surface area contributed by atoms with Gasteiger partial charge in [-0.2, -0.15) is 0 Å². The second-order valence-corrected chi connectivity index (χ2v) is 11.4. The quantitative estimate of drug-likeness (QED) is 0.507. The Morgan fingerprint density at radius 2 is 1.60 bits per heavy atom. The Labute approximate surface area is 230 Å². The van der Waals surface area contributed by atoms with Crippen molar-refractivity contribution >= 4 is 11.6 Å². The molecule has 1 N–H and O–H groups in total. The number of phenols is 1. The van der Waals surface area contributed by atoms with E-state index < -0.39 is 34.2 Å². The van der Waals surface area contributed by atoms with Crippen molar-refractivity contribution in [1.29, 1.82) is 0 Å². The molecule has 2 aromatic carbocycles. The number of hydrogen-bond acceptors (Lipinski definition) is 6. The van der Waals surface area contributed by atoms with Gasteiger partial charge in [0.15, 0.2) is 23.1 Å². The van der Waals surface area contributed by atoms with Crippen LogP contribution in [0.25, 0.3) is 5.69 Å². The molecule has 4 atom stereocenters. The summed E-state index contributed by atoms with van der Waals surface area (Å²) in [6.07, 6.45) is 2.07. The molecule has 3 aromatic rings. The average Bonchev–Trinajstić information content (AvgIpc) is 3.21. The van der Waals surface area contributed by atoms with Crippen LogP contribution in [-0.4, -0.2) is 37.7 Å². The van der Waals surface area contributed by atoms with Crippen LogP contribution in [0.2, 0.25) is 0 Å². The first-order valence-electron chi connectivity index (χ1n) is 13.3. The van der Waals surface area contributed by atoms with Crippen molar-refractivity contribution in [3.8, 4) is 17.2 Å². The smallest absolute Gasteiger partial charge is 0.352 e. The number of ketones is 2. The molecule has 1 saturated carbocycles. The number of aromatic nitrogens is 3. The third kappa shape index (κ3) is 3.08. The van der Waals surface area contributed by atoms with Crippen molar-refractivity contribution in [2.45, 2.75) is 52.6 Å². The van der Waals surface area contributed by atoms with Crippen molar-refractivity contribution < 1.29 is 19.4 Å². The molecular formula is C31H31N3O6. The summed E-state index contributed by atoms with van der Waals surface area (Å²) in [6.45, 7) is 7.11. The molecule has 0 amide bonds. The molecule has 9 heteroatoms. The molecule has 0 bridgehead atoms. The first-order chi connectivity index (χ1) is 19.0. The first-order valence-corrected chi connectivity index (χ1v) is 13.3. The summed E-state index contributed by atoms with van der Waals surface area (Å²) in [5.74, 6) is -0.744. The zero-order valence-electron chi connectivity index (χ0n) is 23.1. The minimum atomic E-state index is -1.20. The Balaban J connectivity index is 1.64. The number of phenolic OH excluding ortho intramolecular Hbond substituents is 1. The van der Waals surface area contributed by atoms with E-state index in [4.69, 9.17) is 4.74 Å². The van der Waals surface area contributed by atoms with Gasteiger partial charge < -0.3 is 9.84 Å². The highest BCUT2D eigenvalue weighted by Gasteiger charge is 2.66. The molecule has 40 heavy (non-hydrogen) atoms. The summed E-state index contributed by atoms with van der Waals surface area (Å²) in [5, 5.41) is 10.7. The normalized spacial score (nSPS) is 27.6. The highest BCUT2D eigenvalue weighted by molar-refractivity contribution is 6.17. The fourth-order valence-electron chi connectivity index (χ4n) is 7.26. The van der Waals surface area contributed by atoms with Crippen LogP contribution in [0.5, 0.6) is 11.5 Å². The first kappa shape index (κ1) is 25.9. The molecule has 3 aliphatic rings. The third-order valence-corrected chi connectivity index (χ3v) is 9.67. The number of fused-ring (bicyclic) bond motifs is 4. The van der Waals surface area contributed by atoms with E-state index in [1.807, 2.05) is 19.1 Å². The predicted molar refractivity (Wildman–Crippen MR) is 148 cm³/mol. The number of benzene rings is 2. The monoisotopic (exact) mass is 541 g/mol. The number of methoxy groups -OCH3 is 1. The lowest BCUT2D eigenvalue weighted by Crippen LogP contribution is -2.61. The van der Waals surface area contributed by atoms with E-state index in [9.17, 15) is 24.3 Å². The number of para-hydroxylation sites is 1. The standard InChI is InChI=1S/C31H31N3O6/c1-17-18(2)27(37)31(4)25(19-11-12-24(40-5)23(35)15-19)21-13-14-32-28(38)33(20-9-7-6-8-10-20)29(39)34(32)22(21)16-30(31,3)26(17)36/h6-13,15,22,25,35H,14,16H2,1-5H3/t22-,25+,30+,31-/m1/s1. The van der Waals surface area contributed by atoms with Gasteiger partial charge in [0.2, 0.25) is 0 Å². The lowest BCUT2D eigenvalue weighted by atomic mass is 9.43. The van der Waals surface area contributed by atoms with Gasteiger partial charge in [-0.1, -0.05) is 44.2 Å². The third-order valence-electron chi connectivity index (χ3n) is 9.67. The number of carbonyl (C=O) groups is 2. The average molecular weight is 542 g/mol. The molecule has 1 aliphatic heterocycles. The van der Waals surface area contributed by atoms with Gasteiger partial charge in [-0.3, -0.25) is 9.59 Å². The highest BCUT2D eigenvalue weighted by atomic mass is 16.5. The molecule has 2 heterocycles. The Hall–Kier alpha value is -4.40. The van der Waals surface area contributed by atoms with Gasteiger partial charge in [0, 0.05) is 11.3 Å². The van der Waals surface area contributed by atoms with E-state index in [1.165, 1.54) is 16.5 Å². The fourth-order valence-corrected chi connectivity index (χ4v) is 7.26. The minimum Gasteiger partial charge on any atom is -0.504 e.